The highest BCUT2D eigenvalue weighted by molar-refractivity contribution is 7.99. The quantitative estimate of drug-likeness (QED) is 0.217. The van der Waals surface area contributed by atoms with Gasteiger partial charge in [-0.2, -0.15) is 0 Å². The molecule has 3 heterocycles. The van der Waals surface area contributed by atoms with E-state index in [-0.39, 0.29) is 29.0 Å². The Bertz CT molecular complexity index is 1500. The summed E-state index contributed by atoms with van der Waals surface area (Å²) >= 11 is 2.53. The third-order valence-corrected chi connectivity index (χ3v) is 8.00. The number of nitrogens with zero attached hydrogens (tertiary/aromatic N) is 3. The summed E-state index contributed by atoms with van der Waals surface area (Å²) in [6.45, 7) is 9.64. The van der Waals surface area contributed by atoms with Crippen LogP contribution in [0.4, 0.5) is 0 Å². The van der Waals surface area contributed by atoms with Crippen LogP contribution in [0.1, 0.15) is 66.5 Å². The highest BCUT2D eigenvalue weighted by atomic mass is 32.2. The van der Waals surface area contributed by atoms with Gasteiger partial charge in [0.1, 0.15) is 15.5 Å². The first kappa shape index (κ1) is 24.2. The lowest BCUT2D eigenvalue weighted by molar-refractivity contribution is 0.0531. The molecular weight excluding hydrogens is 472 g/mol. The summed E-state index contributed by atoms with van der Waals surface area (Å²) in [4.78, 5) is 51.6. The number of thioether (sulfide) groups is 1. The van der Waals surface area contributed by atoms with Crippen LogP contribution in [0.2, 0.25) is 0 Å². The minimum absolute atomic E-state index is 0.0409. The van der Waals surface area contributed by atoms with Crippen LogP contribution in [0.3, 0.4) is 0 Å². The first-order valence-electron chi connectivity index (χ1n) is 11.1. The Morgan fingerprint density at radius 3 is 2.65 bits per heavy atom. The molecule has 2 atom stereocenters. The molecule has 0 bridgehead atoms. The smallest absolute Gasteiger partial charge is 0.348 e. The number of nitrogens with one attached hydrogen (secondary N) is 1. The van der Waals surface area contributed by atoms with Crippen LogP contribution in [0, 0.1) is 6.92 Å². The predicted octanol–water partition coefficient (Wildman–Crippen LogP) is 5.00. The topological polar surface area (TPSA) is 107 Å². The van der Waals surface area contributed by atoms with E-state index in [9.17, 15) is 14.4 Å². The Morgan fingerprint density at radius 2 is 1.94 bits per heavy atom. The van der Waals surface area contributed by atoms with Gasteiger partial charge in [-0.3, -0.25) is 14.2 Å². The average Bonchev–Trinajstić information content (AvgIpc) is 3.16. The second-order valence-electron chi connectivity index (χ2n) is 8.01. The number of aromatic amines is 1. The van der Waals surface area contributed by atoms with E-state index in [1.165, 1.54) is 11.8 Å². The second kappa shape index (κ2) is 9.71. The number of aryl methyl sites for hydroxylation is 1. The summed E-state index contributed by atoms with van der Waals surface area (Å²) in [5.74, 6) is 0.00146. The molecule has 1 N–H and O–H groups in total. The maximum Gasteiger partial charge on any atom is 0.348 e. The van der Waals surface area contributed by atoms with Crippen molar-refractivity contribution in [3.63, 3.8) is 0 Å². The third kappa shape index (κ3) is 4.27. The van der Waals surface area contributed by atoms with Crippen molar-refractivity contribution in [3.05, 3.63) is 61.2 Å². The fourth-order valence-corrected chi connectivity index (χ4v) is 5.89. The Labute approximate surface area is 204 Å². The molecule has 3 aromatic heterocycles. The van der Waals surface area contributed by atoms with E-state index >= 15 is 0 Å². The number of carbonyl (C=O) groups is 1. The maximum absolute atomic E-state index is 13.2. The molecule has 0 saturated heterocycles. The van der Waals surface area contributed by atoms with Crippen molar-refractivity contribution in [1.29, 1.82) is 0 Å². The normalized spacial score (nSPS) is 13.3. The Morgan fingerprint density at radius 1 is 1.21 bits per heavy atom. The molecule has 0 aliphatic rings. The Hall–Kier alpha value is -2.98. The van der Waals surface area contributed by atoms with E-state index in [0.29, 0.717) is 42.5 Å². The van der Waals surface area contributed by atoms with Gasteiger partial charge in [0.05, 0.1) is 28.1 Å². The van der Waals surface area contributed by atoms with Gasteiger partial charge in [-0.15, -0.1) is 11.3 Å². The van der Waals surface area contributed by atoms with Gasteiger partial charge in [0.25, 0.3) is 11.1 Å². The molecule has 10 heteroatoms. The zero-order chi connectivity index (χ0) is 24.6. The molecule has 8 nitrogen and oxygen atoms in total. The molecule has 0 amide bonds. The monoisotopic (exact) mass is 498 g/mol. The van der Waals surface area contributed by atoms with Crippen LogP contribution in [0.5, 0.6) is 0 Å². The van der Waals surface area contributed by atoms with Gasteiger partial charge in [-0.05, 0) is 51.8 Å². The van der Waals surface area contributed by atoms with E-state index in [1.54, 1.807) is 24.5 Å². The van der Waals surface area contributed by atoms with Crippen LogP contribution in [0.25, 0.3) is 21.1 Å². The molecule has 4 aromatic rings. The highest BCUT2D eigenvalue weighted by Crippen LogP contribution is 2.35. The van der Waals surface area contributed by atoms with Crippen molar-refractivity contribution in [3.8, 4) is 0 Å². The number of fused-ring (bicyclic) bond motifs is 2. The lowest BCUT2D eigenvalue weighted by Gasteiger charge is -2.20. The molecule has 1 aromatic carbocycles. The first-order chi connectivity index (χ1) is 16.3. The molecule has 0 fully saturated rings. The molecule has 34 heavy (non-hydrogen) atoms. The SMILES string of the molecule is CCOC(=O)c1sc2nc(C(C)Sc3nc4ccccc4c(=O)n3C(C)CC)[nH]c(=O)c2c1C. The van der Waals surface area contributed by atoms with Gasteiger partial charge < -0.3 is 9.72 Å². The van der Waals surface area contributed by atoms with E-state index in [0.717, 1.165) is 17.8 Å². The van der Waals surface area contributed by atoms with E-state index in [2.05, 4.69) is 9.97 Å². The summed E-state index contributed by atoms with van der Waals surface area (Å²) in [6.07, 6.45) is 0.772. The standard InChI is InChI=1S/C24H26N4O4S2/c1-6-12(3)28-22(30)15-10-8-9-11-16(15)25-24(28)33-14(5)19-26-20(29)17-13(4)18(23(31)32-7-2)34-21(17)27-19/h8-12,14H,6-7H2,1-5H3,(H,26,27,29). The fourth-order valence-electron chi connectivity index (χ4n) is 3.74. The molecule has 0 spiro atoms. The van der Waals surface area contributed by atoms with Crippen molar-refractivity contribution in [1.82, 2.24) is 19.5 Å². The van der Waals surface area contributed by atoms with Gasteiger partial charge in [0.15, 0.2) is 5.16 Å². The maximum atomic E-state index is 13.2. The number of benzene rings is 1. The molecule has 178 valence electrons. The van der Waals surface area contributed by atoms with Gasteiger partial charge in [-0.1, -0.05) is 30.8 Å². The lowest BCUT2D eigenvalue weighted by atomic mass is 10.2. The summed E-state index contributed by atoms with van der Waals surface area (Å²) in [6, 6.07) is 7.26. The number of esters is 1. The molecule has 0 saturated carbocycles. The van der Waals surface area contributed by atoms with E-state index in [1.807, 2.05) is 39.0 Å². The molecule has 0 radical (unpaired) electrons. The Balaban J connectivity index is 1.78. The summed E-state index contributed by atoms with van der Waals surface area (Å²) in [7, 11) is 0. The lowest BCUT2D eigenvalue weighted by Crippen LogP contribution is -2.26. The number of hydrogen-bond donors (Lipinski definition) is 1. The van der Waals surface area contributed by atoms with E-state index < -0.39 is 5.97 Å². The van der Waals surface area contributed by atoms with Gasteiger partial charge in [0, 0.05) is 6.04 Å². The number of thiophene rings is 1. The van der Waals surface area contributed by atoms with E-state index in [4.69, 9.17) is 9.72 Å². The molecule has 2 unspecified atom stereocenters. The number of hydrogen-bond acceptors (Lipinski definition) is 8. The average molecular weight is 499 g/mol. The van der Waals surface area contributed by atoms with Gasteiger partial charge >= 0.3 is 5.97 Å². The number of para-hydroxylation sites is 1. The van der Waals surface area contributed by atoms with Crippen molar-refractivity contribution in [2.75, 3.05) is 6.61 Å². The van der Waals surface area contributed by atoms with Crippen LogP contribution >= 0.6 is 23.1 Å². The largest absolute Gasteiger partial charge is 0.462 e. The first-order valence-corrected chi connectivity index (χ1v) is 12.8. The highest BCUT2D eigenvalue weighted by Gasteiger charge is 2.23. The number of H-pyrrole nitrogens is 1. The molecule has 0 aliphatic heterocycles. The van der Waals surface area contributed by atoms with Crippen LogP contribution in [-0.4, -0.2) is 32.1 Å². The molecule has 4 rings (SSSR count). The van der Waals surface area contributed by atoms with Gasteiger partial charge in [0.2, 0.25) is 0 Å². The fraction of sp³-hybridized carbons (Fsp3) is 0.375. The summed E-state index contributed by atoms with van der Waals surface area (Å²) < 4.78 is 6.83. The van der Waals surface area contributed by atoms with Crippen LogP contribution < -0.4 is 11.1 Å². The van der Waals surface area contributed by atoms with Crippen molar-refractivity contribution >= 4 is 50.2 Å². The Kier molecular flexibility index (Phi) is 6.90. The predicted molar refractivity (Wildman–Crippen MR) is 136 cm³/mol. The number of rotatable bonds is 7. The second-order valence-corrected chi connectivity index (χ2v) is 10.3. The van der Waals surface area contributed by atoms with Crippen molar-refractivity contribution in [2.45, 2.75) is 57.5 Å². The van der Waals surface area contributed by atoms with Crippen molar-refractivity contribution < 1.29 is 9.53 Å². The summed E-state index contributed by atoms with van der Waals surface area (Å²) in [5.41, 5.74) is 0.814. The van der Waals surface area contributed by atoms with Crippen LogP contribution in [-0.2, 0) is 4.74 Å². The minimum atomic E-state index is -0.454. The zero-order valence-corrected chi connectivity index (χ0v) is 21.3. The number of aromatic nitrogens is 4. The van der Waals surface area contributed by atoms with Crippen LogP contribution in [0.15, 0.2) is 39.0 Å². The third-order valence-electron chi connectivity index (χ3n) is 5.75. The number of ether oxygens (including phenoxy) is 1. The number of carbonyl (C=O) groups excluding carboxylic acids is 1. The van der Waals surface area contributed by atoms with Gasteiger partial charge in [-0.25, -0.2) is 14.8 Å². The van der Waals surface area contributed by atoms with Crippen molar-refractivity contribution in [2.24, 2.45) is 0 Å². The zero-order valence-electron chi connectivity index (χ0n) is 19.7. The minimum Gasteiger partial charge on any atom is -0.462 e. The molecular formula is C24H26N4O4S2. The summed E-state index contributed by atoms with van der Waals surface area (Å²) in [5, 5.41) is 1.25. The molecule has 0 aliphatic carbocycles.